The molecule has 0 bridgehead atoms. The highest BCUT2D eigenvalue weighted by Crippen LogP contribution is 2.25. The molecule has 2 heterocycles. The molecule has 0 aliphatic rings. The number of aryl methyl sites for hydroxylation is 1. The van der Waals surface area contributed by atoms with Crippen LogP contribution in [0.25, 0.3) is 11.2 Å². The Labute approximate surface area is 124 Å². The van der Waals surface area contributed by atoms with Gasteiger partial charge in [-0.3, -0.25) is 0 Å². The van der Waals surface area contributed by atoms with Crippen LogP contribution in [-0.2, 0) is 0 Å². The lowest BCUT2D eigenvalue weighted by Crippen LogP contribution is -2.02. The maximum absolute atomic E-state index is 4.42. The second-order valence-electron chi connectivity index (χ2n) is 4.34. The molecule has 7 heteroatoms. The summed E-state index contributed by atoms with van der Waals surface area (Å²) in [4.78, 5) is 15.9. The lowest BCUT2D eigenvalue weighted by atomic mass is 10.2. The van der Waals surface area contributed by atoms with E-state index in [9.17, 15) is 0 Å². The van der Waals surface area contributed by atoms with Gasteiger partial charge in [-0.2, -0.15) is 9.97 Å². The number of hydrogen-bond donors (Lipinski definition) is 3. The van der Waals surface area contributed by atoms with Gasteiger partial charge in [-0.1, -0.05) is 15.9 Å². The molecular formula is C13H13BrN6. The average molecular weight is 333 g/mol. The SMILES string of the molecule is CNc1nc(Nc2ccc(Br)c(C)c2)c2[nH]cnc2n1. The fourth-order valence-corrected chi connectivity index (χ4v) is 2.14. The quantitative estimate of drug-likeness (QED) is 0.686. The van der Waals surface area contributed by atoms with E-state index in [2.05, 4.69) is 46.5 Å². The molecular weight excluding hydrogens is 320 g/mol. The van der Waals surface area contributed by atoms with Crippen LogP contribution < -0.4 is 10.6 Å². The van der Waals surface area contributed by atoms with Crippen molar-refractivity contribution < 1.29 is 0 Å². The van der Waals surface area contributed by atoms with E-state index in [0.29, 0.717) is 17.4 Å². The average Bonchev–Trinajstić information content (AvgIpc) is 2.91. The minimum atomic E-state index is 0.529. The minimum Gasteiger partial charge on any atom is -0.357 e. The summed E-state index contributed by atoms with van der Waals surface area (Å²) in [6.07, 6.45) is 1.61. The Morgan fingerprint density at radius 1 is 1.25 bits per heavy atom. The van der Waals surface area contributed by atoms with E-state index in [0.717, 1.165) is 21.2 Å². The zero-order chi connectivity index (χ0) is 14.1. The van der Waals surface area contributed by atoms with Crippen LogP contribution in [0, 0.1) is 6.92 Å². The largest absolute Gasteiger partial charge is 0.357 e. The number of nitrogens with one attached hydrogen (secondary N) is 3. The van der Waals surface area contributed by atoms with E-state index in [1.165, 1.54) is 0 Å². The summed E-state index contributed by atoms with van der Waals surface area (Å²) >= 11 is 3.49. The summed E-state index contributed by atoms with van der Waals surface area (Å²) in [5.74, 6) is 1.22. The van der Waals surface area contributed by atoms with Crippen molar-refractivity contribution in [2.24, 2.45) is 0 Å². The highest BCUT2D eigenvalue weighted by molar-refractivity contribution is 9.10. The Morgan fingerprint density at radius 2 is 2.10 bits per heavy atom. The minimum absolute atomic E-state index is 0.529. The first kappa shape index (κ1) is 12.9. The molecule has 0 spiro atoms. The topological polar surface area (TPSA) is 78.5 Å². The normalized spacial score (nSPS) is 10.8. The van der Waals surface area contributed by atoms with Crippen LogP contribution in [0.2, 0.25) is 0 Å². The van der Waals surface area contributed by atoms with Crippen molar-refractivity contribution in [2.75, 3.05) is 17.7 Å². The summed E-state index contributed by atoms with van der Waals surface area (Å²) in [7, 11) is 1.78. The van der Waals surface area contributed by atoms with Gasteiger partial charge in [-0.05, 0) is 30.7 Å². The molecule has 0 saturated carbocycles. The summed E-state index contributed by atoms with van der Waals surface area (Å²) in [5, 5.41) is 6.22. The van der Waals surface area contributed by atoms with Gasteiger partial charge in [-0.15, -0.1) is 0 Å². The number of aromatic nitrogens is 4. The maximum Gasteiger partial charge on any atom is 0.226 e. The molecule has 6 nitrogen and oxygen atoms in total. The summed E-state index contributed by atoms with van der Waals surface area (Å²) in [6, 6.07) is 6.04. The van der Waals surface area contributed by atoms with Gasteiger partial charge in [-0.25, -0.2) is 4.98 Å². The van der Waals surface area contributed by atoms with Gasteiger partial charge in [0.1, 0.15) is 5.52 Å². The van der Waals surface area contributed by atoms with Crippen molar-refractivity contribution in [2.45, 2.75) is 6.92 Å². The van der Waals surface area contributed by atoms with Crippen molar-refractivity contribution in [3.05, 3.63) is 34.6 Å². The van der Waals surface area contributed by atoms with Gasteiger partial charge in [0.25, 0.3) is 0 Å². The molecule has 3 N–H and O–H groups in total. The number of H-pyrrole nitrogens is 1. The summed E-state index contributed by atoms with van der Waals surface area (Å²) in [5.41, 5.74) is 3.52. The molecule has 0 aliphatic heterocycles. The number of benzene rings is 1. The maximum atomic E-state index is 4.42. The zero-order valence-corrected chi connectivity index (χ0v) is 12.6. The van der Waals surface area contributed by atoms with Gasteiger partial charge < -0.3 is 15.6 Å². The van der Waals surface area contributed by atoms with E-state index in [-0.39, 0.29) is 0 Å². The predicted octanol–water partition coefficient (Wildman–Crippen LogP) is 3.21. The molecule has 2 aromatic heterocycles. The first-order valence-electron chi connectivity index (χ1n) is 6.09. The van der Waals surface area contributed by atoms with Crippen LogP contribution in [0.4, 0.5) is 17.5 Å². The van der Waals surface area contributed by atoms with Crippen LogP contribution in [0.1, 0.15) is 5.56 Å². The molecule has 20 heavy (non-hydrogen) atoms. The van der Waals surface area contributed by atoms with Gasteiger partial charge in [0.2, 0.25) is 5.95 Å². The molecule has 102 valence electrons. The van der Waals surface area contributed by atoms with Crippen molar-refractivity contribution >= 4 is 44.5 Å². The first-order valence-corrected chi connectivity index (χ1v) is 6.88. The molecule has 3 aromatic rings. The smallest absolute Gasteiger partial charge is 0.226 e. The zero-order valence-electron chi connectivity index (χ0n) is 11.0. The Bertz CT molecular complexity index is 767. The van der Waals surface area contributed by atoms with Gasteiger partial charge in [0.05, 0.1) is 6.33 Å². The number of rotatable bonds is 3. The number of halogens is 1. The number of aromatic amines is 1. The fraction of sp³-hybridized carbons (Fsp3) is 0.154. The number of nitrogens with zero attached hydrogens (tertiary/aromatic N) is 3. The third-order valence-corrected chi connectivity index (χ3v) is 3.82. The predicted molar refractivity (Wildman–Crippen MR) is 83.4 cm³/mol. The molecule has 0 aliphatic carbocycles. The molecule has 0 unspecified atom stereocenters. The Hall–Kier alpha value is -2.15. The molecule has 3 rings (SSSR count). The van der Waals surface area contributed by atoms with Crippen LogP contribution in [0.5, 0.6) is 0 Å². The van der Waals surface area contributed by atoms with Gasteiger partial charge >= 0.3 is 0 Å². The van der Waals surface area contributed by atoms with E-state index in [1.54, 1.807) is 13.4 Å². The molecule has 0 fully saturated rings. The lowest BCUT2D eigenvalue weighted by Gasteiger charge is -2.09. The third-order valence-electron chi connectivity index (χ3n) is 2.93. The lowest BCUT2D eigenvalue weighted by molar-refractivity contribution is 1.18. The molecule has 0 radical (unpaired) electrons. The van der Waals surface area contributed by atoms with Crippen LogP contribution in [0.15, 0.2) is 29.0 Å². The number of imidazole rings is 1. The van der Waals surface area contributed by atoms with Crippen molar-refractivity contribution in [1.82, 2.24) is 19.9 Å². The molecule has 0 saturated heterocycles. The second-order valence-corrected chi connectivity index (χ2v) is 5.19. The second kappa shape index (κ2) is 5.09. The monoisotopic (exact) mass is 332 g/mol. The molecule has 0 amide bonds. The number of anilines is 3. The standard InChI is InChI=1S/C13H13BrN6/c1-7-5-8(3-4-9(7)14)18-12-10-11(17-6-16-10)19-13(15-2)20-12/h3-6H,1-2H3,(H3,15,16,17,18,19,20). The highest BCUT2D eigenvalue weighted by atomic mass is 79.9. The van der Waals surface area contributed by atoms with Crippen LogP contribution >= 0.6 is 15.9 Å². The van der Waals surface area contributed by atoms with E-state index >= 15 is 0 Å². The van der Waals surface area contributed by atoms with Gasteiger partial charge in [0.15, 0.2) is 11.5 Å². The number of fused-ring (bicyclic) bond motifs is 1. The first-order chi connectivity index (χ1) is 9.67. The molecule has 0 atom stereocenters. The highest BCUT2D eigenvalue weighted by Gasteiger charge is 2.09. The number of hydrogen-bond acceptors (Lipinski definition) is 5. The Kier molecular flexibility index (Phi) is 3.27. The van der Waals surface area contributed by atoms with Crippen molar-refractivity contribution in [3.8, 4) is 0 Å². The van der Waals surface area contributed by atoms with Crippen molar-refractivity contribution in [3.63, 3.8) is 0 Å². The van der Waals surface area contributed by atoms with Crippen LogP contribution in [-0.4, -0.2) is 27.0 Å². The molecule has 1 aromatic carbocycles. The van der Waals surface area contributed by atoms with Crippen molar-refractivity contribution in [1.29, 1.82) is 0 Å². The van der Waals surface area contributed by atoms with E-state index < -0.39 is 0 Å². The van der Waals surface area contributed by atoms with E-state index in [4.69, 9.17) is 0 Å². The Morgan fingerprint density at radius 3 is 2.85 bits per heavy atom. The Balaban J connectivity index is 2.04. The summed E-state index contributed by atoms with van der Waals surface area (Å²) < 4.78 is 1.08. The van der Waals surface area contributed by atoms with Crippen LogP contribution in [0.3, 0.4) is 0 Å². The third kappa shape index (κ3) is 2.32. The summed E-state index contributed by atoms with van der Waals surface area (Å²) in [6.45, 7) is 2.04. The van der Waals surface area contributed by atoms with E-state index in [1.807, 2.05) is 25.1 Å². The fourth-order valence-electron chi connectivity index (χ4n) is 1.89. The van der Waals surface area contributed by atoms with Gasteiger partial charge in [0, 0.05) is 17.2 Å².